The number of anilines is 1. The van der Waals surface area contributed by atoms with E-state index in [1.54, 1.807) is 42.5 Å². The lowest BCUT2D eigenvalue weighted by molar-refractivity contribution is -0.146. The molecule has 10 heteroatoms. The van der Waals surface area contributed by atoms with Gasteiger partial charge in [0.05, 0.1) is 12.6 Å². The molecule has 1 aliphatic rings. The van der Waals surface area contributed by atoms with Gasteiger partial charge in [-0.2, -0.15) is 0 Å². The molecule has 3 aromatic carbocycles. The van der Waals surface area contributed by atoms with Gasteiger partial charge in [0.25, 0.3) is 5.91 Å². The third kappa shape index (κ3) is 7.85. The lowest BCUT2D eigenvalue weighted by Crippen LogP contribution is -2.36. The normalized spacial score (nSPS) is 14.4. The van der Waals surface area contributed by atoms with Gasteiger partial charge in [0.15, 0.2) is 6.10 Å². The molecule has 40 heavy (non-hydrogen) atoms. The zero-order valence-electron chi connectivity index (χ0n) is 21.5. The van der Waals surface area contributed by atoms with Crippen LogP contribution in [0.25, 0.3) is 5.57 Å². The lowest BCUT2D eigenvalue weighted by Gasteiger charge is -2.22. The van der Waals surface area contributed by atoms with Crippen LogP contribution in [0.1, 0.15) is 58.8 Å². The molecule has 0 radical (unpaired) electrons. The lowest BCUT2D eigenvalue weighted by atomic mass is 9.91. The molecule has 4 rings (SSSR count). The fraction of sp³-hybridized carbons (Fsp3) is 0.233. The summed E-state index contributed by atoms with van der Waals surface area (Å²) in [4.78, 5) is 36.3. The van der Waals surface area contributed by atoms with Crippen LogP contribution in [0, 0.1) is 0 Å². The summed E-state index contributed by atoms with van der Waals surface area (Å²) in [5.41, 5.74) is 4.73. The summed E-state index contributed by atoms with van der Waals surface area (Å²) in [7, 11) is 0. The summed E-state index contributed by atoms with van der Waals surface area (Å²) in [5.74, 6) is -1.95. The first-order valence-corrected chi connectivity index (χ1v) is 13.6. The van der Waals surface area contributed by atoms with E-state index >= 15 is 0 Å². The number of aliphatic hydroxyl groups is 1. The molecular formula is C30H29Cl2N3O5. The van der Waals surface area contributed by atoms with Crippen molar-refractivity contribution >= 4 is 52.4 Å². The summed E-state index contributed by atoms with van der Waals surface area (Å²) in [6.45, 7) is -0.420. The highest BCUT2D eigenvalue weighted by Gasteiger charge is 2.20. The number of aliphatic hydroxyl groups excluding tert-OH is 1. The van der Waals surface area contributed by atoms with Crippen LogP contribution in [0.3, 0.4) is 0 Å². The van der Waals surface area contributed by atoms with Crippen LogP contribution in [-0.4, -0.2) is 40.8 Å². The van der Waals surface area contributed by atoms with Gasteiger partial charge in [-0.25, -0.2) is 9.59 Å². The molecule has 0 saturated heterocycles. The fourth-order valence-corrected chi connectivity index (χ4v) is 5.01. The van der Waals surface area contributed by atoms with E-state index < -0.39 is 36.6 Å². The number of aliphatic carboxylic acids is 1. The molecule has 5 N–H and O–H groups in total. The number of rotatable bonds is 9. The molecular weight excluding hydrogens is 553 g/mol. The molecule has 2 atom stereocenters. The number of halogens is 2. The van der Waals surface area contributed by atoms with E-state index in [2.05, 4.69) is 22.0 Å². The summed E-state index contributed by atoms with van der Waals surface area (Å²) in [6, 6.07) is 18.3. The molecule has 0 saturated carbocycles. The molecule has 0 spiro atoms. The number of benzene rings is 3. The predicted octanol–water partition coefficient (Wildman–Crippen LogP) is 6.04. The van der Waals surface area contributed by atoms with Crippen molar-refractivity contribution in [3.8, 4) is 0 Å². The van der Waals surface area contributed by atoms with E-state index in [0.717, 1.165) is 24.0 Å². The summed E-state index contributed by atoms with van der Waals surface area (Å²) in [5, 5.41) is 27.1. The summed E-state index contributed by atoms with van der Waals surface area (Å²) >= 11 is 12.1. The highest BCUT2D eigenvalue weighted by atomic mass is 35.5. The second-order valence-corrected chi connectivity index (χ2v) is 10.3. The number of carboxylic acid groups (broad SMARTS) is 1. The van der Waals surface area contributed by atoms with Gasteiger partial charge in [-0.3, -0.25) is 4.79 Å². The molecule has 3 aromatic rings. The Morgan fingerprint density at radius 3 is 2.08 bits per heavy atom. The van der Waals surface area contributed by atoms with Crippen molar-refractivity contribution < 1.29 is 24.6 Å². The number of hydrogen-bond acceptors (Lipinski definition) is 4. The predicted molar refractivity (Wildman–Crippen MR) is 156 cm³/mol. The van der Waals surface area contributed by atoms with Crippen LogP contribution in [0.15, 0.2) is 72.8 Å². The van der Waals surface area contributed by atoms with Crippen molar-refractivity contribution in [3.05, 3.63) is 105 Å². The van der Waals surface area contributed by atoms with Gasteiger partial charge in [-0.1, -0.05) is 65.7 Å². The molecule has 0 bridgehead atoms. The summed E-state index contributed by atoms with van der Waals surface area (Å²) < 4.78 is 0. The standard InChI is InChI=1S/C30H29Cl2N3O5/c31-23-14-24(32)16-25(15-23)34-30(40)35-27(20-8-6-19(7-9-20)18-4-2-1-3-5-18)21-10-12-22(13-11-21)28(37)33-17-26(36)29(38)39/h4,6-16,26-27,36H,1-3,5,17H2,(H,33,37)(H,38,39)(H2,34,35,40)/t26-,27?/m0/s1. The number of carboxylic acids is 1. The number of allylic oxidation sites excluding steroid dienone is 2. The molecule has 0 aliphatic heterocycles. The SMILES string of the molecule is O=C(Nc1cc(Cl)cc(Cl)c1)NC(c1ccc(C(=O)NC[C@H](O)C(=O)O)cc1)c1ccc(C2=CCCCC2)cc1. The largest absolute Gasteiger partial charge is 0.479 e. The van der Waals surface area contributed by atoms with Crippen LogP contribution < -0.4 is 16.0 Å². The Bertz CT molecular complexity index is 1390. The van der Waals surface area contributed by atoms with E-state index in [4.69, 9.17) is 28.3 Å². The van der Waals surface area contributed by atoms with E-state index in [-0.39, 0.29) is 5.56 Å². The molecule has 1 aliphatic carbocycles. The maximum atomic E-state index is 13.0. The maximum absolute atomic E-state index is 13.0. The minimum Gasteiger partial charge on any atom is -0.479 e. The molecule has 208 valence electrons. The molecule has 0 fully saturated rings. The minimum atomic E-state index is -1.70. The van der Waals surface area contributed by atoms with E-state index in [1.165, 1.54) is 18.4 Å². The zero-order chi connectivity index (χ0) is 28.6. The highest BCUT2D eigenvalue weighted by molar-refractivity contribution is 6.35. The summed E-state index contributed by atoms with van der Waals surface area (Å²) in [6.07, 6.45) is 5.06. The zero-order valence-corrected chi connectivity index (χ0v) is 23.0. The van der Waals surface area contributed by atoms with E-state index in [0.29, 0.717) is 21.3 Å². The third-order valence-electron chi connectivity index (χ3n) is 6.55. The molecule has 0 heterocycles. The van der Waals surface area contributed by atoms with Gasteiger partial charge >= 0.3 is 12.0 Å². The van der Waals surface area contributed by atoms with Crippen LogP contribution >= 0.6 is 23.2 Å². The van der Waals surface area contributed by atoms with Crippen molar-refractivity contribution in [1.29, 1.82) is 0 Å². The van der Waals surface area contributed by atoms with Crippen molar-refractivity contribution in [2.24, 2.45) is 0 Å². The minimum absolute atomic E-state index is 0.276. The molecule has 1 unspecified atom stereocenters. The second-order valence-electron chi connectivity index (χ2n) is 9.47. The van der Waals surface area contributed by atoms with Gasteiger partial charge in [0.2, 0.25) is 0 Å². The Labute approximate surface area is 242 Å². The first-order chi connectivity index (χ1) is 19.2. The fourth-order valence-electron chi connectivity index (χ4n) is 4.48. The first-order valence-electron chi connectivity index (χ1n) is 12.8. The van der Waals surface area contributed by atoms with Gasteiger partial charge in [-0.15, -0.1) is 0 Å². The van der Waals surface area contributed by atoms with Gasteiger partial charge in [-0.05, 0) is 78.3 Å². The highest BCUT2D eigenvalue weighted by Crippen LogP contribution is 2.30. The van der Waals surface area contributed by atoms with E-state index in [1.807, 2.05) is 24.3 Å². The molecule has 0 aromatic heterocycles. The third-order valence-corrected chi connectivity index (χ3v) is 6.99. The Kier molecular flexibility index (Phi) is 9.82. The van der Waals surface area contributed by atoms with Crippen molar-refractivity contribution in [2.45, 2.75) is 37.8 Å². The van der Waals surface area contributed by atoms with Crippen LogP contribution in [-0.2, 0) is 4.79 Å². The average molecular weight is 582 g/mol. The second kappa shape index (κ2) is 13.5. The van der Waals surface area contributed by atoms with E-state index in [9.17, 15) is 19.5 Å². The maximum Gasteiger partial charge on any atom is 0.334 e. The topological polar surface area (TPSA) is 128 Å². The van der Waals surface area contributed by atoms with Gasteiger partial charge < -0.3 is 26.2 Å². The number of urea groups is 1. The first kappa shape index (κ1) is 29.1. The smallest absolute Gasteiger partial charge is 0.334 e. The Balaban J connectivity index is 1.56. The number of nitrogens with one attached hydrogen (secondary N) is 3. The van der Waals surface area contributed by atoms with Crippen LogP contribution in [0.2, 0.25) is 10.0 Å². The van der Waals surface area contributed by atoms with Crippen LogP contribution in [0.5, 0.6) is 0 Å². The monoisotopic (exact) mass is 581 g/mol. The number of carbonyl (C=O) groups excluding carboxylic acids is 2. The number of carbonyl (C=O) groups is 3. The average Bonchev–Trinajstić information content (AvgIpc) is 2.94. The Morgan fingerprint density at radius 2 is 1.50 bits per heavy atom. The molecule has 3 amide bonds. The van der Waals surface area contributed by atoms with Crippen LogP contribution in [0.4, 0.5) is 10.5 Å². The van der Waals surface area contributed by atoms with Gasteiger partial charge in [0.1, 0.15) is 0 Å². The molecule has 8 nitrogen and oxygen atoms in total. The Morgan fingerprint density at radius 1 is 0.875 bits per heavy atom. The van der Waals surface area contributed by atoms with Crippen molar-refractivity contribution in [2.75, 3.05) is 11.9 Å². The van der Waals surface area contributed by atoms with Crippen molar-refractivity contribution in [3.63, 3.8) is 0 Å². The number of amides is 3. The van der Waals surface area contributed by atoms with Crippen molar-refractivity contribution in [1.82, 2.24) is 10.6 Å². The quantitative estimate of drug-likeness (QED) is 0.210. The van der Waals surface area contributed by atoms with Gasteiger partial charge in [0, 0.05) is 21.3 Å². The number of hydrogen-bond donors (Lipinski definition) is 5. The Hall–Kier alpha value is -3.85.